The molecule has 1 atom stereocenters. The summed E-state index contributed by atoms with van der Waals surface area (Å²) in [6.45, 7) is 4.59. The summed E-state index contributed by atoms with van der Waals surface area (Å²) in [6, 6.07) is 19.5. The third-order valence-electron chi connectivity index (χ3n) is 5.72. The minimum Gasteiger partial charge on any atom is -0.380 e. The molecular weight excluding hydrogens is 382 g/mol. The highest BCUT2D eigenvalue weighted by molar-refractivity contribution is 5.36. The Kier molecular flexibility index (Phi) is 6.58. The number of rotatable bonds is 7. The van der Waals surface area contributed by atoms with Gasteiger partial charge in [-0.25, -0.2) is 9.97 Å². The third kappa shape index (κ3) is 5.28. The molecule has 4 rings (SSSR count). The van der Waals surface area contributed by atoms with Crippen molar-refractivity contribution in [3.63, 3.8) is 0 Å². The van der Waals surface area contributed by atoms with E-state index in [1.807, 2.05) is 13.8 Å². The molecule has 0 radical (unpaired) electrons. The zero-order valence-electron chi connectivity index (χ0n) is 18.4. The Morgan fingerprint density at radius 3 is 2.32 bits per heavy atom. The van der Waals surface area contributed by atoms with Crippen LogP contribution in [0.2, 0.25) is 0 Å². The maximum atomic E-state index is 5.28. The van der Waals surface area contributed by atoms with Crippen LogP contribution in [0.5, 0.6) is 0 Å². The normalized spacial score (nSPS) is 15.5. The average molecular weight is 412 g/mol. The lowest BCUT2D eigenvalue weighted by Crippen LogP contribution is -2.17. The van der Waals surface area contributed by atoms with Gasteiger partial charge in [-0.15, -0.1) is 0 Å². The van der Waals surface area contributed by atoms with Gasteiger partial charge in [0.2, 0.25) is 0 Å². The van der Waals surface area contributed by atoms with E-state index in [9.17, 15) is 0 Å². The Labute approximate surface area is 184 Å². The molecule has 0 saturated heterocycles. The van der Waals surface area contributed by atoms with Crippen molar-refractivity contribution in [1.82, 2.24) is 15.3 Å². The molecule has 0 amide bonds. The second-order valence-electron chi connectivity index (χ2n) is 8.03. The maximum absolute atomic E-state index is 5.28. The highest BCUT2D eigenvalue weighted by atomic mass is 16.5. The predicted octanol–water partition coefficient (Wildman–Crippen LogP) is 5.16. The van der Waals surface area contributed by atoms with Crippen molar-refractivity contribution in [1.29, 1.82) is 0 Å². The molecule has 158 valence electrons. The van der Waals surface area contributed by atoms with Crippen molar-refractivity contribution in [2.45, 2.75) is 39.3 Å². The van der Waals surface area contributed by atoms with Crippen LogP contribution in [0, 0.1) is 13.8 Å². The molecule has 2 heterocycles. The Bertz CT molecular complexity index is 1090. The van der Waals surface area contributed by atoms with Crippen LogP contribution in [-0.4, -0.2) is 17.1 Å². The van der Waals surface area contributed by atoms with Gasteiger partial charge in [0, 0.05) is 25.4 Å². The van der Waals surface area contributed by atoms with Gasteiger partial charge in [-0.2, -0.15) is 0 Å². The van der Waals surface area contributed by atoms with Crippen molar-refractivity contribution in [3.8, 4) is 0 Å². The Balaban J connectivity index is 1.40. The molecule has 0 aliphatic carbocycles. The third-order valence-corrected chi connectivity index (χ3v) is 5.72. The minimum atomic E-state index is 0.194. The van der Waals surface area contributed by atoms with Crippen molar-refractivity contribution in [3.05, 3.63) is 118 Å². The molecule has 0 spiro atoms. The average Bonchev–Trinajstić information content (AvgIpc) is 2.79. The molecule has 1 aliphatic heterocycles. The van der Waals surface area contributed by atoms with Gasteiger partial charge in [0.05, 0.1) is 18.3 Å². The van der Waals surface area contributed by atoms with Crippen molar-refractivity contribution >= 4 is 0 Å². The molecule has 4 heteroatoms. The monoisotopic (exact) mass is 411 g/mol. The number of aromatic nitrogens is 2. The smallest absolute Gasteiger partial charge is 0.133 e. The Morgan fingerprint density at radius 1 is 0.903 bits per heavy atom. The van der Waals surface area contributed by atoms with Crippen LogP contribution in [0.1, 0.15) is 45.5 Å². The van der Waals surface area contributed by atoms with Gasteiger partial charge < -0.3 is 10.1 Å². The van der Waals surface area contributed by atoms with Crippen molar-refractivity contribution < 1.29 is 4.74 Å². The van der Waals surface area contributed by atoms with Crippen LogP contribution >= 0.6 is 0 Å². The molecule has 1 N–H and O–H groups in total. The van der Waals surface area contributed by atoms with Crippen LogP contribution < -0.4 is 5.32 Å². The zero-order chi connectivity index (χ0) is 21.6. The number of dihydropyridines is 1. The fraction of sp³-hybridized carbons (Fsp3) is 0.259. The Hall–Kier alpha value is -3.24. The summed E-state index contributed by atoms with van der Waals surface area (Å²) in [6.07, 6.45) is 8.25. The molecule has 31 heavy (non-hydrogen) atoms. The first-order valence-electron chi connectivity index (χ1n) is 10.7. The van der Waals surface area contributed by atoms with E-state index in [1.54, 1.807) is 7.11 Å². The summed E-state index contributed by atoms with van der Waals surface area (Å²) in [5.74, 6) is 0.840. The summed E-state index contributed by atoms with van der Waals surface area (Å²) in [7, 11) is 1.70. The molecule has 0 fully saturated rings. The van der Waals surface area contributed by atoms with E-state index in [1.165, 1.54) is 22.3 Å². The standard InChI is InChI=1S/C27H29N3O/c1-19-20(2)29-27(30-26(19)18-31-3)16-22-9-12-24(13-10-22)25-14-11-23(17-28-25)15-21-7-5-4-6-8-21/h4-14,17,25,28H,15-16,18H2,1-3H3. The number of nitrogens with one attached hydrogen (secondary N) is 1. The number of methoxy groups -OCH3 is 1. The fourth-order valence-electron chi connectivity index (χ4n) is 3.80. The lowest BCUT2D eigenvalue weighted by Gasteiger charge is -2.19. The highest BCUT2D eigenvalue weighted by Gasteiger charge is 2.12. The van der Waals surface area contributed by atoms with E-state index in [-0.39, 0.29) is 6.04 Å². The summed E-state index contributed by atoms with van der Waals surface area (Å²) < 4.78 is 5.28. The lowest BCUT2D eigenvalue weighted by atomic mass is 9.98. The molecule has 1 aliphatic rings. The summed E-state index contributed by atoms with van der Waals surface area (Å²) in [5, 5.41) is 3.52. The molecule has 3 aromatic rings. The van der Waals surface area contributed by atoms with E-state index < -0.39 is 0 Å². The van der Waals surface area contributed by atoms with E-state index >= 15 is 0 Å². The van der Waals surface area contributed by atoms with Gasteiger partial charge in [0.15, 0.2) is 0 Å². The number of nitrogens with zero attached hydrogens (tertiary/aromatic N) is 2. The summed E-state index contributed by atoms with van der Waals surface area (Å²) in [4.78, 5) is 9.37. The molecule has 2 aromatic carbocycles. The lowest BCUT2D eigenvalue weighted by molar-refractivity contribution is 0.180. The number of hydrogen-bond acceptors (Lipinski definition) is 4. The van der Waals surface area contributed by atoms with Crippen LogP contribution in [0.4, 0.5) is 0 Å². The quantitative estimate of drug-likeness (QED) is 0.583. The topological polar surface area (TPSA) is 47.0 Å². The molecule has 1 aromatic heterocycles. The first-order chi connectivity index (χ1) is 15.1. The molecular formula is C27H29N3O. The predicted molar refractivity (Wildman–Crippen MR) is 125 cm³/mol. The SMILES string of the molecule is COCc1nc(Cc2ccc(C3C=CC(Cc4ccccc4)=CN3)cc2)nc(C)c1C. The molecule has 0 bridgehead atoms. The van der Waals surface area contributed by atoms with Crippen LogP contribution in [0.25, 0.3) is 0 Å². The molecule has 0 saturated carbocycles. The Morgan fingerprint density at radius 2 is 1.65 bits per heavy atom. The highest BCUT2D eigenvalue weighted by Crippen LogP contribution is 2.22. The van der Waals surface area contributed by atoms with E-state index in [2.05, 4.69) is 83.3 Å². The van der Waals surface area contributed by atoms with Gasteiger partial charge in [-0.1, -0.05) is 66.7 Å². The van der Waals surface area contributed by atoms with Gasteiger partial charge in [0.1, 0.15) is 5.82 Å². The van der Waals surface area contributed by atoms with Crippen LogP contribution in [0.15, 0.2) is 78.5 Å². The fourth-order valence-corrected chi connectivity index (χ4v) is 3.80. The number of aryl methyl sites for hydroxylation is 1. The van der Waals surface area contributed by atoms with E-state index in [0.717, 1.165) is 29.2 Å². The summed E-state index contributed by atoms with van der Waals surface area (Å²) >= 11 is 0. The zero-order valence-corrected chi connectivity index (χ0v) is 18.4. The van der Waals surface area contributed by atoms with Gasteiger partial charge >= 0.3 is 0 Å². The summed E-state index contributed by atoms with van der Waals surface area (Å²) in [5.41, 5.74) is 8.16. The van der Waals surface area contributed by atoms with Gasteiger partial charge in [-0.05, 0) is 48.1 Å². The molecule has 1 unspecified atom stereocenters. The van der Waals surface area contributed by atoms with Crippen LogP contribution in [-0.2, 0) is 24.2 Å². The van der Waals surface area contributed by atoms with E-state index in [4.69, 9.17) is 9.72 Å². The second kappa shape index (κ2) is 9.71. The number of benzene rings is 2. The number of hydrogen-bond donors (Lipinski definition) is 1. The number of allylic oxidation sites excluding steroid dienone is 2. The molecule has 4 nitrogen and oxygen atoms in total. The first-order valence-corrected chi connectivity index (χ1v) is 10.7. The van der Waals surface area contributed by atoms with Gasteiger partial charge in [0.25, 0.3) is 0 Å². The van der Waals surface area contributed by atoms with Crippen molar-refractivity contribution in [2.24, 2.45) is 0 Å². The van der Waals surface area contributed by atoms with E-state index in [0.29, 0.717) is 13.0 Å². The number of ether oxygens (including phenoxy) is 1. The van der Waals surface area contributed by atoms with Crippen molar-refractivity contribution in [2.75, 3.05) is 7.11 Å². The van der Waals surface area contributed by atoms with Gasteiger partial charge in [-0.3, -0.25) is 0 Å². The minimum absolute atomic E-state index is 0.194. The maximum Gasteiger partial charge on any atom is 0.133 e. The van der Waals surface area contributed by atoms with Crippen LogP contribution in [0.3, 0.4) is 0 Å². The largest absolute Gasteiger partial charge is 0.380 e. The second-order valence-corrected chi connectivity index (χ2v) is 8.03. The first kappa shape index (κ1) is 21.0.